The van der Waals surface area contributed by atoms with Gasteiger partial charge in [-0.25, -0.2) is 4.79 Å². The predicted molar refractivity (Wildman–Crippen MR) is 113 cm³/mol. The molecule has 2 aromatic rings. The molecule has 0 heterocycles. The molecule has 3 amide bonds. The molecule has 2 aromatic carbocycles. The van der Waals surface area contributed by atoms with Crippen LogP contribution in [0.25, 0.3) is 0 Å². The van der Waals surface area contributed by atoms with Crippen LogP contribution in [0.1, 0.15) is 51.8 Å². The van der Waals surface area contributed by atoms with Crippen molar-refractivity contribution in [1.82, 2.24) is 5.32 Å². The van der Waals surface area contributed by atoms with Crippen molar-refractivity contribution in [1.29, 1.82) is 0 Å². The van der Waals surface area contributed by atoms with Crippen LogP contribution in [0.3, 0.4) is 0 Å². The van der Waals surface area contributed by atoms with Gasteiger partial charge in [0.05, 0.1) is 18.8 Å². The Morgan fingerprint density at radius 2 is 1.64 bits per heavy atom. The van der Waals surface area contributed by atoms with Crippen LogP contribution in [0.4, 0.5) is 16.2 Å². The van der Waals surface area contributed by atoms with Gasteiger partial charge in [0.1, 0.15) is 5.75 Å². The fraction of sp³-hybridized carbons (Fsp3) is 0.364. The number of carbonyl (C=O) groups excluding carboxylic acids is 2. The molecule has 3 N–H and O–H groups in total. The number of anilines is 2. The number of amides is 3. The van der Waals surface area contributed by atoms with E-state index in [1.165, 1.54) is 19.6 Å². The average Bonchev–Trinajstić information content (AvgIpc) is 2.61. The lowest BCUT2D eigenvalue weighted by molar-refractivity contribution is -0.114. The van der Waals surface area contributed by atoms with Crippen LogP contribution in [-0.4, -0.2) is 19.0 Å². The van der Waals surface area contributed by atoms with Gasteiger partial charge in [-0.1, -0.05) is 45.0 Å². The third kappa shape index (κ3) is 5.74. The smallest absolute Gasteiger partial charge is 0.319 e. The zero-order valence-electron chi connectivity index (χ0n) is 17.3. The summed E-state index contributed by atoms with van der Waals surface area (Å²) in [5.74, 6) is 0.280. The van der Waals surface area contributed by atoms with Crippen LogP contribution in [0, 0.1) is 0 Å². The maximum Gasteiger partial charge on any atom is 0.319 e. The highest BCUT2D eigenvalue weighted by Gasteiger charge is 2.15. The van der Waals surface area contributed by atoms with Gasteiger partial charge in [-0.2, -0.15) is 0 Å². The number of rotatable bonds is 5. The van der Waals surface area contributed by atoms with Gasteiger partial charge < -0.3 is 20.7 Å². The Hall–Kier alpha value is -3.02. The van der Waals surface area contributed by atoms with Crippen molar-refractivity contribution < 1.29 is 14.3 Å². The number of urea groups is 1. The second-order valence-electron chi connectivity index (χ2n) is 7.79. The molecular weight excluding hydrogens is 354 g/mol. The van der Waals surface area contributed by atoms with Gasteiger partial charge in [-0.15, -0.1) is 0 Å². The van der Waals surface area contributed by atoms with E-state index in [0.717, 1.165) is 5.56 Å². The molecule has 0 aliphatic rings. The Kier molecular flexibility index (Phi) is 6.67. The standard InChI is InChI=1S/C22H29N3O3/c1-14(16-7-9-17(10-8-16)22(3,4)5)23-21(27)25-18-11-12-19(24-15(2)26)20(13-18)28-6/h7-14H,1-6H3,(H,24,26)(H2,23,25,27). The number of hydrogen-bond donors (Lipinski definition) is 3. The van der Waals surface area contributed by atoms with E-state index in [1.807, 2.05) is 19.1 Å². The SMILES string of the molecule is COc1cc(NC(=O)NC(C)c2ccc(C(C)(C)C)cc2)ccc1NC(C)=O. The minimum Gasteiger partial charge on any atom is -0.494 e. The monoisotopic (exact) mass is 383 g/mol. The van der Waals surface area contributed by atoms with Gasteiger partial charge in [0.25, 0.3) is 0 Å². The second-order valence-corrected chi connectivity index (χ2v) is 7.79. The van der Waals surface area contributed by atoms with E-state index < -0.39 is 0 Å². The van der Waals surface area contributed by atoms with Crippen LogP contribution in [0.5, 0.6) is 5.75 Å². The van der Waals surface area contributed by atoms with Crippen LogP contribution >= 0.6 is 0 Å². The third-order valence-electron chi connectivity index (χ3n) is 4.39. The Morgan fingerprint density at radius 3 is 2.18 bits per heavy atom. The molecule has 0 aliphatic carbocycles. The van der Waals surface area contributed by atoms with E-state index in [2.05, 4.69) is 48.9 Å². The van der Waals surface area contributed by atoms with E-state index in [9.17, 15) is 9.59 Å². The zero-order valence-corrected chi connectivity index (χ0v) is 17.3. The summed E-state index contributed by atoms with van der Waals surface area (Å²) in [5.41, 5.74) is 3.49. The predicted octanol–water partition coefficient (Wildman–Crippen LogP) is 4.83. The van der Waals surface area contributed by atoms with Gasteiger partial charge in [0.15, 0.2) is 0 Å². The summed E-state index contributed by atoms with van der Waals surface area (Å²) in [6, 6.07) is 12.9. The van der Waals surface area contributed by atoms with Crippen molar-refractivity contribution in [3.63, 3.8) is 0 Å². The summed E-state index contributed by atoms with van der Waals surface area (Å²) in [6.45, 7) is 9.87. The van der Waals surface area contributed by atoms with E-state index >= 15 is 0 Å². The van der Waals surface area contributed by atoms with Crippen LogP contribution in [0.15, 0.2) is 42.5 Å². The Balaban J connectivity index is 2.02. The van der Waals surface area contributed by atoms with Crippen LogP contribution in [-0.2, 0) is 10.2 Å². The molecule has 0 saturated heterocycles. The van der Waals surface area contributed by atoms with Crippen molar-refractivity contribution in [2.75, 3.05) is 17.7 Å². The first-order valence-electron chi connectivity index (χ1n) is 9.23. The van der Waals surface area contributed by atoms with Crippen LogP contribution < -0.4 is 20.7 Å². The summed E-state index contributed by atoms with van der Waals surface area (Å²) >= 11 is 0. The molecular formula is C22H29N3O3. The van der Waals surface area contributed by atoms with Crippen molar-refractivity contribution in [3.8, 4) is 5.75 Å². The van der Waals surface area contributed by atoms with Crippen molar-refractivity contribution in [3.05, 3.63) is 53.6 Å². The molecule has 0 spiro atoms. The molecule has 0 aliphatic heterocycles. The van der Waals surface area contributed by atoms with Crippen molar-refractivity contribution in [2.24, 2.45) is 0 Å². The van der Waals surface area contributed by atoms with E-state index in [4.69, 9.17) is 4.74 Å². The first-order valence-corrected chi connectivity index (χ1v) is 9.23. The molecule has 2 rings (SSSR count). The molecule has 0 saturated carbocycles. The van der Waals surface area contributed by atoms with Crippen molar-refractivity contribution >= 4 is 23.3 Å². The lowest BCUT2D eigenvalue weighted by Crippen LogP contribution is -2.31. The third-order valence-corrected chi connectivity index (χ3v) is 4.39. The highest BCUT2D eigenvalue weighted by Crippen LogP contribution is 2.28. The first kappa shape index (κ1) is 21.3. The molecule has 1 atom stereocenters. The minimum atomic E-state index is -0.318. The van der Waals surface area contributed by atoms with Gasteiger partial charge in [0, 0.05) is 18.7 Å². The minimum absolute atomic E-state index is 0.0923. The Labute approximate surface area is 166 Å². The lowest BCUT2D eigenvalue weighted by Gasteiger charge is -2.21. The molecule has 0 fully saturated rings. The van der Waals surface area contributed by atoms with E-state index in [1.54, 1.807) is 18.2 Å². The van der Waals surface area contributed by atoms with E-state index in [0.29, 0.717) is 17.1 Å². The maximum absolute atomic E-state index is 12.4. The number of benzene rings is 2. The van der Waals surface area contributed by atoms with Crippen LogP contribution in [0.2, 0.25) is 0 Å². The maximum atomic E-state index is 12.4. The number of ether oxygens (including phenoxy) is 1. The summed E-state index contributed by atoms with van der Waals surface area (Å²) in [4.78, 5) is 23.6. The molecule has 28 heavy (non-hydrogen) atoms. The number of carbonyl (C=O) groups is 2. The quantitative estimate of drug-likeness (QED) is 0.691. The van der Waals surface area contributed by atoms with Gasteiger partial charge in [0.2, 0.25) is 5.91 Å². The van der Waals surface area contributed by atoms with Crippen molar-refractivity contribution in [2.45, 2.75) is 46.1 Å². The summed E-state index contributed by atoms with van der Waals surface area (Å²) < 4.78 is 5.27. The molecule has 6 nitrogen and oxygen atoms in total. The van der Waals surface area contributed by atoms with E-state index in [-0.39, 0.29) is 23.4 Å². The Morgan fingerprint density at radius 1 is 1.00 bits per heavy atom. The van der Waals surface area contributed by atoms with Gasteiger partial charge in [-0.3, -0.25) is 4.79 Å². The number of methoxy groups -OCH3 is 1. The molecule has 1 unspecified atom stereocenters. The number of hydrogen-bond acceptors (Lipinski definition) is 3. The lowest BCUT2D eigenvalue weighted by atomic mass is 9.86. The average molecular weight is 383 g/mol. The second kappa shape index (κ2) is 8.78. The van der Waals surface area contributed by atoms with Gasteiger partial charge in [-0.05, 0) is 35.6 Å². The summed E-state index contributed by atoms with van der Waals surface area (Å²) in [7, 11) is 1.51. The fourth-order valence-electron chi connectivity index (χ4n) is 2.78. The van der Waals surface area contributed by atoms with Gasteiger partial charge >= 0.3 is 6.03 Å². The zero-order chi connectivity index (χ0) is 20.9. The molecule has 0 aromatic heterocycles. The molecule has 0 bridgehead atoms. The normalized spacial score (nSPS) is 12.1. The highest BCUT2D eigenvalue weighted by atomic mass is 16.5. The fourth-order valence-corrected chi connectivity index (χ4v) is 2.78. The number of nitrogens with one attached hydrogen (secondary N) is 3. The molecule has 150 valence electrons. The highest BCUT2D eigenvalue weighted by molar-refractivity contribution is 5.93. The molecule has 0 radical (unpaired) electrons. The summed E-state index contributed by atoms with van der Waals surface area (Å²) in [6.07, 6.45) is 0. The first-order chi connectivity index (χ1) is 13.1. The Bertz CT molecular complexity index is 839. The summed E-state index contributed by atoms with van der Waals surface area (Å²) in [5, 5.41) is 8.40. The topological polar surface area (TPSA) is 79.5 Å². The molecule has 6 heteroatoms. The largest absolute Gasteiger partial charge is 0.494 e.